The van der Waals surface area contributed by atoms with Crippen molar-refractivity contribution in [2.24, 2.45) is 0 Å². The number of tetrazole rings is 1. The normalized spacial score (nSPS) is 11.5. The van der Waals surface area contributed by atoms with Gasteiger partial charge in [0.15, 0.2) is 5.82 Å². The van der Waals surface area contributed by atoms with Crippen LogP contribution < -0.4 is 0 Å². The maximum absolute atomic E-state index is 11.9. The van der Waals surface area contributed by atoms with Crippen molar-refractivity contribution in [1.82, 2.24) is 20.2 Å². The Morgan fingerprint density at radius 2 is 2.00 bits per heavy atom. The Hall–Kier alpha value is -1.15. The summed E-state index contributed by atoms with van der Waals surface area (Å²) in [5, 5.41) is 26.7. The first-order chi connectivity index (χ1) is 6.19. The molecule has 0 atom stereocenters. The average molecular weight is 193 g/mol. The smallest absolute Gasteiger partial charge is 0.350 e. The van der Waals surface area contributed by atoms with Gasteiger partial charge in [-0.05, 0) is 5.21 Å². The molecule has 0 aliphatic carbocycles. The number of aliphatic hydroxyl groups excluding tert-OH is 2. The van der Waals surface area contributed by atoms with Gasteiger partial charge in [-0.3, -0.25) is 0 Å². The molecule has 0 bridgehead atoms. The first-order valence-corrected chi connectivity index (χ1v) is 3.33. The van der Waals surface area contributed by atoms with Crippen LogP contribution >= 0.6 is 0 Å². The lowest BCUT2D eigenvalue weighted by Crippen LogP contribution is -2.12. The molecule has 0 spiro atoms. The molecule has 1 aromatic rings. The molecule has 0 unspecified atom stereocenters. The summed E-state index contributed by atoms with van der Waals surface area (Å²) < 4.78 is 23.8. The molecule has 1 rings (SSSR count). The minimum Gasteiger partial charge on any atom is -0.395 e. The van der Waals surface area contributed by atoms with E-state index in [1.165, 1.54) is 0 Å². The van der Waals surface area contributed by atoms with Crippen LogP contribution in [0.1, 0.15) is 12.4 Å². The van der Waals surface area contributed by atoms with Gasteiger partial charge in [-0.25, -0.2) is 0 Å². The topological polar surface area (TPSA) is 84.1 Å². The average Bonchev–Trinajstić information content (AvgIpc) is 2.56. The van der Waals surface area contributed by atoms with E-state index in [0.717, 1.165) is 0 Å². The first kappa shape index (κ1) is 9.93. The zero-order valence-electron chi connectivity index (χ0n) is 6.43. The highest BCUT2D eigenvalue weighted by atomic mass is 19.3. The molecule has 13 heavy (non-hydrogen) atoms. The van der Waals surface area contributed by atoms with E-state index >= 15 is 0 Å². The lowest BCUT2D eigenvalue weighted by atomic mass is 10.2. The number of rotatable bonds is 4. The van der Waals surface area contributed by atoms with Gasteiger partial charge in [0, 0.05) is 0 Å². The predicted octanol–water partition coefficient (Wildman–Crippen LogP) is -1.02. The molecule has 0 aromatic carbocycles. The molecule has 0 aliphatic heterocycles. The van der Waals surface area contributed by atoms with Gasteiger partial charge in [0.25, 0.3) is 0 Å². The zero-order chi connectivity index (χ0) is 9.84. The van der Waals surface area contributed by atoms with Crippen molar-refractivity contribution in [3.05, 3.63) is 11.7 Å². The molecule has 0 saturated carbocycles. The molecule has 8 heteroatoms. The van der Waals surface area contributed by atoms with Gasteiger partial charge in [0.05, 0.1) is 19.1 Å². The quantitative estimate of drug-likeness (QED) is 0.639. The van der Waals surface area contributed by atoms with E-state index in [4.69, 9.17) is 10.2 Å². The van der Waals surface area contributed by atoms with E-state index in [1.54, 1.807) is 0 Å². The van der Waals surface area contributed by atoms with Crippen LogP contribution in [-0.2, 0) is 0 Å². The fraction of sp³-hybridized carbons (Fsp3) is 0.600. The van der Waals surface area contributed by atoms with E-state index in [1.807, 2.05) is 0 Å². The van der Waals surface area contributed by atoms with Crippen molar-refractivity contribution >= 4 is 0 Å². The van der Waals surface area contributed by atoms with Gasteiger partial charge in [-0.15, -0.1) is 10.2 Å². The van der Waals surface area contributed by atoms with Crippen LogP contribution in [0.5, 0.6) is 0 Å². The fourth-order valence-corrected chi connectivity index (χ4v) is 0.641. The first-order valence-electron chi connectivity index (χ1n) is 3.33. The highest BCUT2D eigenvalue weighted by Gasteiger charge is 2.18. The second kappa shape index (κ2) is 4.19. The van der Waals surface area contributed by atoms with Crippen molar-refractivity contribution in [3.63, 3.8) is 0 Å². The monoisotopic (exact) mass is 193 g/mol. The van der Waals surface area contributed by atoms with Crippen molar-refractivity contribution in [1.29, 1.82) is 0 Å². The van der Waals surface area contributed by atoms with Gasteiger partial charge in [-0.2, -0.15) is 8.78 Å². The Balaban J connectivity index is 2.78. The summed E-state index contributed by atoms with van der Waals surface area (Å²) in [6, 6.07) is 0. The molecule has 0 amide bonds. The second-order valence-corrected chi connectivity index (χ2v) is 2.13. The number of alkyl halides is 2. The number of aromatic nitrogens is 4. The Bertz CT molecular complexity index is 263. The Morgan fingerprint density at radius 1 is 1.38 bits per heavy atom. The number of hydrogen-bond acceptors (Lipinski definition) is 5. The molecule has 0 saturated heterocycles. The number of nitrogens with zero attached hydrogens (tertiary/aromatic N) is 4. The van der Waals surface area contributed by atoms with Crippen molar-refractivity contribution in [2.75, 3.05) is 13.2 Å². The van der Waals surface area contributed by atoms with E-state index in [9.17, 15) is 8.78 Å². The molecule has 1 heterocycles. The van der Waals surface area contributed by atoms with Crippen molar-refractivity contribution in [3.8, 4) is 0 Å². The van der Waals surface area contributed by atoms with Gasteiger partial charge in [-0.1, -0.05) is 4.80 Å². The number of aliphatic hydroxyl groups is 2. The summed E-state index contributed by atoms with van der Waals surface area (Å²) in [5.41, 5.74) is 0. The molecule has 73 valence electrons. The van der Waals surface area contributed by atoms with Crippen LogP contribution in [0, 0.1) is 5.92 Å². The molecular weight excluding hydrogens is 186 g/mol. The van der Waals surface area contributed by atoms with Crippen molar-refractivity contribution < 1.29 is 19.0 Å². The summed E-state index contributed by atoms with van der Waals surface area (Å²) in [6.07, 6.45) is 0. The van der Waals surface area contributed by atoms with E-state index < -0.39 is 19.8 Å². The molecule has 0 aliphatic rings. The summed E-state index contributed by atoms with van der Waals surface area (Å²) in [4.78, 5) is 0.0979. The molecule has 2 N–H and O–H groups in total. The van der Waals surface area contributed by atoms with Gasteiger partial charge in [0.2, 0.25) is 0 Å². The van der Waals surface area contributed by atoms with E-state index in [2.05, 4.69) is 15.4 Å². The van der Waals surface area contributed by atoms with Crippen LogP contribution in [0.4, 0.5) is 8.78 Å². The zero-order valence-corrected chi connectivity index (χ0v) is 6.43. The minimum atomic E-state index is -2.88. The number of hydrogen-bond donors (Lipinski definition) is 2. The third kappa shape index (κ3) is 2.16. The van der Waals surface area contributed by atoms with Gasteiger partial charge < -0.3 is 10.2 Å². The van der Waals surface area contributed by atoms with Crippen LogP contribution in [-0.4, -0.2) is 43.6 Å². The van der Waals surface area contributed by atoms with Gasteiger partial charge in [0.1, 0.15) is 0 Å². The maximum atomic E-state index is 11.9. The Kier molecular flexibility index (Phi) is 3.20. The summed E-state index contributed by atoms with van der Waals surface area (Å²) in [6.45, 7) is -3.86. The van der Waals surface area contributed by atoms with E-state index in [0.29, 0.717) is 0 Å². The summed E-state index contributed by atoms with van der Waals surface area (Å²) in [7, 11) is 0. The van der Waals surface area contributed by atoms with E-state index in [-0.39, 0.29) is 16.5 Å². The highest BCUT2D eigenvalue weighted by Crippen LogP contribution is 2.09. The van der Waals surface area contributed by atoms with Crippen LogP contribution in [0.3, 0.4) is 0 Å². The van der Waals surface area contributed by atoms with Crippen LogP contribution in [0.2, 0.25) is 0 Å². The Labute approximate surface area is 71.8 Å². The molecule has 1 aromatic heterocycles. The molecule has 6 nitrogen and oxygen atoms in total. The van der Waals surface area contributed by atoms with Crippen LogP contribution in [0.25, 0.3) is 0 Å². The lowest BCUT2D eigenvalue weighted by molar-refractivity contribution is 0.0393. The molecular formula is C5H7F2N4O2. The summed E-state index contributed by atoms with van der Waals surface area (Å²) in [5.74, 6) is -0.128. The summed E-state index contributed by atoms with van der Waals surface area (Å²) >= 11 is 0. The molecule has 1 radical (unpaired) electrons. The second-order valence-electron chi connectivity index (χ2n) is 2.13. The van der Waals surface area contributed by atoms with Gasteiger partial charge >= 0.3 is 6.55 Å². The number of halogens is 2. The largest absolute Gasteiger partial charge is 0.395 e. The minimum absolute atomic E-state index is 0.0481. The van der Waals surface area contributed by atoms with Crippen molar-refractivity contribution in [2.45, 2.75) is 6.55 Å². The third-order valence-electron chi connectivity index (χ3n) is 1.30. The van der Waals surface area contributed by atoms with Crippen LogP contribution in [0.15, 0.2) is 0 Å². The predicted molar refractivity (Wildman–Crippen MR) is 35.6 cm³/mol. The lowest BCUT2D eigenvalue weighted by Gasteiger charge is -2.02. The molecule has 0 fully saturated rings. The Morgan fingerprint density at radius 3 is 2.38 bits per heavy atom. The fourth-order valence-electron chi connectivity index (χ4n) is 0.641. The third-order valence-corrected chi connectivity index (χ3v) is 1.30. The maximum Gasteiger partial charge on any atom is 0.350 e. The highest BCUT2D eigenvalue weighted by molar-refractivity contribution is 5.11. The standard InChI is InChI=1S/C5H7F2N4O2/c6-5(7)11-9-4(8-10-11)3(1-12)2-13/h5,12-13H,1-2H2. The SMILES string of the molecule is OC[C](CO)c1nnn(C(F)F)n1.